The second-order valence-electron chi connectivity index (χ2n) is 7.21. The number of carbonyl (C=O) groups excluding carboxylic acids is 2. The number of methoxy groups -OCH3 is 1. The van der Waals surface area contributed by atoms with Crippen molar-refractivity contribution in [1.82, 2.24) is 4.90 Å². The first kappa shape index (κ1) is 20.2. The van der Waals surface area contributed by atoms with Crippen LogP contribution in [-0.4, -0.2) is 36.9 Å². The number of benzene rings is 2. The molecule has 0 radical (unpaired) electrons. The number of piperidine rings is 1. The van der Waals surface area contributed by atoms with Gasteiger partial charge in [0.1, 0.15) is 5.75 Å². The van der Waals surface area contributed by atoms with Crippen LogP contribution < -0.4 is 10.1 Å². The minimum Gasteiger partial charge on any atom is -0.495 e. The molecular weight excluding hydrogens is 376 g/mol. The molecule has 3 rings (SSSR count). The molecule has 1 heterocycles. The number of hydrogen-bond donors (Lipinski definition) is 1. The Morgan fingerprint density at radius 3 is 2.36 bits per heavy atom. The molecule has 0 atom stereocenters. The topological polar surface area (TPSA) is 58.6 Å². The Hall–Kier alpha value is -2.53. The fraction of sp³-hybridized carbons (Fsp3) is 0.364. The zero-order chi connectivity index (χ0) is 20.3. The number of ether oxygens (including phenoxy) is 1. The zero-order valence-corrected chi connectivity index (χ0v) is 17.2. The van der Waals surface area contributed by atoms with Gasteiger partial charge in [0.25, 0.3) is 0 Å². The van der Waals surface area contributed by atoms with Gasteiger partial charge < -0.3 is 15.0 Å². The monoisotopic (exact) mass is 400 g/mol. The van der Waals surface area contributed by atoms with Crippen LogP contribution >= 0.6 is 11.6 Å². The lowest BCUT2D eigenvalue weighted by Crippen LogP contribution is -2.50. The molecule has 2 aromatic carbocycles. The molecule has 0 aromatic heterocycles. The summed E-state index contributed by atoms with van der Waals surface area (Å²) in [5, 5.41) is 3.64. The van der Waals surface area contributed by atoms with Gasteiger partial charge in [-0.1, -0.05) is 41.9 Å². The van der Waals surface area contributed by atoms with E-state index in [9.17, 15) is 9.59 Å². The van der Waals surface area contributed by atoms with Crippen LogP contribution in [0, 0.1) is 6.92 Å². The highest BCUT2D eigenvalue weighted by molar-refractivity contribution is 6.31. The zero-order valence-electron chi connectivity index (χ0n) is 16.4. The minimum absolute atomic E-state index is 0.0389. The molecule has 28 heavy (non-hydrogen) atoms. The predicted octanol–water partition coefficient (Wildman–Crippen LogP) is 4.18. The maximum atomic E-state index is 13.5. The molecule has 1 saturated heterocycles. The number of carbonyl (C=O) groups is 2. The molecule has 6 heteroatoms. The van der Waals surface area contributed by atoms with Crippen LogP contribution in [0.3, 0.4) is 0 Å². The molecule has 0 spiro atoms. The Morgan fingerprint density at radius 2 is 1.79 bits per heavy atom. The highest BCUT2D eigenvalue weighted by Gasteiger charge is 2.43. The van der Waals surface area contributed by atoms with Gasteiger partial charge in [0.2, 0.25) is 11.8 Å². The van der Waals surface area contributed by atoms with Crippen LogP contribution in [0.5, 0.6) is 5.75 Å². The molecular formula is C22H25ClN2O3. The average molecular weight is 401 g/mol. The Labute approximate surface area is 170 Å². The average Bonchev–Trinajstić information content (AvgIpc) is 2.71. The molecule has 1 aliphatic rings. The third-order valence-electron chi connectivity index (χ3n) is 5.55. The summed E-state index contributed by atoms with van der Waals surface area (Å²) in [4.78, 5) is 27.1. The molecule has 2 amide bonds. The number of aryl methyl sites for hydroxylation is 1. The normalized spacial score (nSPS) is 15.8. The Balaban J connectivity index is 1.95. The van der Waals surface area contributed by atoms with Crippen LogP contribution in [-0.2, 0) is 15.0 Å². The maximum absolute atomic E-state index is 13.5. The maximum Gasteiger partial charge on any atom is 0.235 e. The van der Waals surface area contributed by atoms with Crippen LogP contribution in [0.25, 0.3) is 0 Å². The first-order chi connectivity index (χ1) is 13.4. The summed E-state index contributed by atoms with van der Waals surface area (Å²) < 4.78 is 5.40. The Kier molecular flexibility index (Phi) is 5.94. The summed E-state index contributed by atoms with van der Waals surface area (Å²) in [6.45, 7) is 4.55. The largest absolute Gasteiger partial charge is 0.495 e. The second kappa shape index (κ2) is 8.23. The molecule has 1 aliphatic heterocycles. The molecule has 1 fully saturated rings. The highest BCUT2D eigenvalue weighted by atomic mass is 35.5. The van der Waals surface area contributed by atoms with Crippen molar-refractivity contribution in [3.05, 3.63) is 58.6 Å². The van der Waals surface area contributed by atoms with Gasteiger partial charge in [0.15, 0.2) is 0 Å². The van der Waals surface area contributed by atoms with E-state index in [1.165, 1.54) is 0 Å². The number of nitrogens with one attached hydrogen (secondary N) is 1. The molecule has 5 nitrogen and oxygen atoms in total. The van der Waals surface area contributed by atoms with E-state index in [1.54, 1.807) is 25.0 Å². The van der Waals surface area contributed by atoms with Crippen LogP contribution in [0.2, 0.25) is 5.02 Å². The number of hydrogen-bond acceptors (Lipinski definition) is 3. The first-order valence-electron chi connectivity index (χ1n) is 9.34. The van der Waals surface area contributed by atoms with Crippen molar-refractivity contribution < 1.29 is 14.3 Å². The van der Waals surface area contributed by atoms with Gasteiger partial charge in [0, 0.05) is 31.1 Å². The van der Waals surface area contributed by atoms with Crippen molar-refractivity contribution in [1.29, 1.82) is 0 Å². The van der Waals surface area contributed by atoms with Gasteiger partial charge in [-0.3, -0.25) is 9.59 Å². The van der Waals surface area contributed by atoms with E-state index in [4.69, 9.17) is 16.3 Å². The smallest absolute Gasteiger partial charge is 0.235 e. The van der Waals surface area contributed by atoms with Crippen molar-refractivity contribution >= 4 is 29.1 Å². The first-order valence-corrected chi connectivity index (χ1v) is 9.72. The van der Waals surface area contributed by atoms with Gasteiger partial charge in [-0.25, -0.2) is 0 Å². The standard InChI is InChI=1S/C22H25ClN2O3/c1-15-13-19(20(28-3)14-18(15)23)24-21(27)22(17-7-5-4-6-8-17)9-11-25(12-10-22)16(2)26/h4-8,13-14H,9-12H2,1-3H3,(H,24,27). The third kappa shape index (κ3) is 3.85. The minimum atomic E-state index is -0.703. The molecule has 0 aliphatic carbocycles. The lowest BCUT2D eigenvalue weighted by molar-refractivity contribution is -0.133. The van der Waals surface area contributed by atoms with Crippen molar-refractivity contribution in [2.75, 3.05) is 25.5 Å². The van der Waals surface area contributed by atoms with Gasteiger partial charge in [-0.05, 0) is 37.0 Å². The molecule has 1 N–H and O–H groups in total. The molecule has 2 aromatic rings. The van der Waals surface area contributed by atoms with E-state index in [0.29, 0.717) is 42.4 Å². The predicted molar refractivity (Wildman–Crippen MR) is 111 cm³/mol. The Bertz CT molecular complexity index is 875. The molecule has 0 saturated carbocycles. The summed E-state index contributed by atoms with van der Waals surface area (Å²) in [5.41, 5.74) is 1.71. The van der Waals surface area contributed by atoms with E-state index >= 15 is 0 Å². The Morgan fingerprint density at radius 1 is 1.14 bits per heavy atom. The van der Waals surface area contributed by atoms with Gasteiger partial charge >= 0.3 is 0 Å². The van der Waals surface area contributed by atoms with E-state index < -0.39 is 5.41 Å². The lowest BCUT2D eigenvalue weighted by atomic mass is 9.72. The summed E-state index contributed by atoms with van der Waals surface area (Å²) in [5.74, 6) is 0.465. The van der Waals surface area contributed by atoms with Gasteiger partial charge in [-0.2, -0.15) is 0 Å². The van der Waals surface area contributed by atoms with Gasteiger partial charge in [0.05, 0.1) is 18.2 Å². The van der Waals surface area contributed by atoms with Crippen LogP contribution in [0.1, 0.15) is 30.9 Å². The van der Waals surface area contributed by atoms with Gasteiger partial charge in [-0.15, -0.1) is 0 Å². The van der Waals surface area contributed by atoms with E-state index in [2.05, 4.69) is 5.32 Å². The van der Waals surface area contributed by atoms with E-state index in [1.807, 2.05) is 43.3 Å². The number of likely N-dealkylation sites (tertiary alicyclic amines) is 1. The van der Waals surface area contributed by atoms with Crippen molar-refractivity contribution in [3.63, 3.8) is 0 Å². The van der Waals surface area contributed by atoms with Crippen molar-refractivity contribution in [2.24, 2.45) is 0 Å². The van der Waals surface area contributed by atoms with Crippen LogP contribution in [0.4, 0.5) is 5.69 Å². The quantitative estimate of drug-likeness (QED) is 0.837. The number of rotatable bonds is 4. The molecule has 0 unspecified atom stereocenters. The van der Waals surface area contributed by atoms with Crippen LogP contribution in [0.15, 0.2) is 42.5 Å². The molecule has 0 bridgehead atoms. The summed E-state index contributed by atoms with van der Waals surface area (Å²) in [7, 11) is 1.55. The number of halogens is 1. The summed E-state index contributed by atoms with van der Waals surface area (Å²) in [6.07, 6.45) is 1.13. The van der Waals surface area contributed by atoms with E-state index in [-0.39, 0.29) is 11.8 Å². The third-order valence-corrected chi connectivity index (χ3v) is 5.96. The fourth-order valence-corrected chi connectivity index (χ4v) is 3.93. The second-order valence-corrected chi connectivity index (χ2v) is 7.62. The number of anilines is 1. The summed E-state index contributed by atoms with van der Waals surface area (Å²) in [6, 6.07) is 13.3. The van der Waals surface area contributed by atoms with Crippen molar-refractivity contribution in [2.45, 2.75) is 32.1 Å². The summed E-state index contributed by atoms with van der Waals surface area (Å²) >= 11 is 6.19. The number of amides is 2. The highest BCUT2D eigenvalue weighted by Crippen LogP contribution is 2.38. The molecule has 148 valence electrons. The number of nitrogens with zero attached hydrogens (tertiary/aromatic N) is 1. The van der Waals surface area contributed by atoms with Crippen molar-refractivity contribution in [3.8, 4) is 5.75 Å². The lowest BCUT2D eigenvalue weighted by Gasteiger charge is -2.40. The van der Waals surface area contributed by atoms with E-state index in [0.717, 1.165) is 11.1 Å². The SMILES string of the molecule is COc1cc(Cl)c(C)cc1NC(=O)C1(c2ccccc2)CCN(C(C)=O)CC1. The fourth-order valence-electron chi connectivity index (χ4n) is 3.78.